The fraction of sp³-hybridized carbons (Fsp3) is 0.222. The minimum absolute atomic E-state index is 0. The molecule has 18 heavy (non-hydrogen) atoms. The van der Waals surface area contributed by atoms with E-state index in [1.807, 2.05) is 4.72 Å². The van der Waals surface area contributed by atoms with Crippen LogP contribution in [0.2, 0.25) is 5.02 Å². The SMILES string of the molecule is Cl.NC[C@H](NS(=O)(=O)c1ccc(Cl)cc1)C(=O)O. The van der Waals surface area contributed by atoms with Crippen molar-refractivity contribution in [3.8, 4) is 0 Å². The summed E-state index contributed by atoms with van der Waals surface area (Å²) in [4.78, 5) is 10.6. The Morgan fingerprint density at radius 1 is 1.39 bits per heavy atom. The maximum Gasteiger partial charge on any atom is 0.323 e. The number of carbonyl (C=O) groups is 1. The molecule has 0 aromatic heterocycles. The van der Waals surface area contributed by atoms with Gasteiger partial charge in [-0.05, 0) is 24.3 Å². The first-order valence-electron chi connectivity index (χ1n) is 4.57. The molecule has 0 aliphatic carbocycles. The highest BCUT2D eigenvalue weighted by Crippen LogP contribution is 2.14. The van der Waals surface area contributed by atoms with Gasteiger partial charge in [0.1, 0.15) is 6.04 Å². The van der Waals surface area contributed by atoms with E-state index in [9.17, 15) is 13.2 Å². The van der Waals surface area contributed by atoms with E-state index in [0.717, 1.165) is 0 Å². The van der Waals surface area contributed by atoms with Crippen LogP contribution in [-0.4, -0.2) is 32.1 Å². The Bertz CT molecular complexity index is 504. The van der Waals surface area contributed by atoms with Gasteiger partial charge in [0.2, 0.25) is 10.0 Å². The summed E-state index contributed by atoms with van der Waals surface area (Å²) < 4.78 is 25.5. The Labute approximate surface area is 116 Å². The first kappa shape index (κ1) is 17.1. The van der Waals surface area contributed by atoms with Gasteiger partial charge in [-0.25, -0.2) is 8.42 Å². The van der Waals surface area contributed by atoms with Crippen LogP contribution < -0.4 is 10.5 Å². The van der Waals surface area contributed by atoms with Crippen molar-refractivity contribution in [3.63, 3.8) is 0 Å². The zero-order valence-electron chi connectivity index (χ0n) is 9.04. The van der Waals surface area contributed by atoms with Gasteiger partial charge in [0.15, 0.2) is 0 Å². The molecule has 0 amide bonds. The lowest BCUT2D eigenvalue weighted by Crippen LogP contribution is -2.45. The van der Waals surface area contributed by atoms with E-state index in [1.54, 1.807) is 0 Å². The van der Waals surface area contributed by atoms with Gasteiger partial charge >= 0.3 is 5.97 Å². The van der Waals surface area contributed by atoms with E-state index in [-0.39, 0.29) is 23.8 Å². The van der Waals surface area contributed by atoms with Crippen LogP contribution in [0.5, 0.6) is 0 Å². The average Bonchev–Trinajstić information content (AvgIpc) is 2.26. The molecule has 0 spiro atoms. The van der Waals surface area contributed by atoms with Gasteiger partial charge in [0.05, 0.1) is 4.90 Å². The number of carboxylic acid groups (broad SMARTS) is 1. The summed E-state index contributed by atoms with van der Waals surface area (Å²) in [7, 11) is -3.90. The summed E-state index contributed by atoms with van der Waals surface area (Å²) in [5, 5.41) is 9.09. The predicted octanol–water partition coefficient (Wildman–Crippen LogP) is 0.452. The molecule has 1 atom stereocenters. The normalized spacial score (nSPS) is 12.6. The van der Waals surface area contributed by atoms with Crippen molar-refractivity contribution in [1.29, 1.82) is 0 Å². The number of aliphatic carboxylic acids is 1. The molecule has 0 saturated heterocycles. The fourth-order valence-electron chi connectivity index (χ4n) is 1.07. The van der Waals surface area contributed by atoms with Crippen molar-refractivity contribution in [2.45, 2.75) is 10.9 Å². The lowest BCUT2D eigenvalue weighted by atomic mass is 10.3. The first-order chi connectivity index (χ1) is 7.86. The van der Waals surface area contributed by atoms with Crippen LogP contribution in [0.4, 0.5) is 0 Å². The molecule has 0 radical (unpaired) electrons. The lowest BCUT2D eigenvalue weighted by Gasteiger charge is -2.12. The highest BCUT2D eigenvalue weighted by atomic mass is 35.5. The second-order valence-electron chi connectivity index (χ2n) is 3.20. The van der Waals surface area contributed by atoms with E-state index in [4.69, 9.17) is 22.4 Å². The predicted molar refractivity (Wildman–Crippen MR) is 69.5 cm³/mol. The third-order valence-electron chi connectivity index (χ3n) is 1.96. The molecule has 0 bridgehead atoms. The second kappa shape index (κ2) is 6.91. The molecule has 9 heteroatoms. The Kier molecular flexibility index (Phi) is 6.58. The molecule has 0 unspecified atom stereocenters. The molecule has 4 N–H and O–H groups in total. The van der Waals surface area contributed by atoms with Gasteiger partial charge in [-0.15, -0.1) is 12.4 Å². The zero-order valence-corrected chi connectivity index (χ0v) is 11.4. The number of sulfonamides is 1. The molecule has 1 aromatic carbocycles. The van der Waals surface area contributed by atoms with Gasteiger partial charge in [0, 0.05) is 11.6 Å². The molecule has 1 rings (SSSR count). The van der Waals surface area contributed by atoms with Crippen molar-refractivity contribution in [2.75, 3.05) is 6.54 Å². The van der Waals surface area contributed by atoms with Crippen molar-refractivity contribution in [3.05, 3.63) is 29.3 Å². The summed E-state index contributed by atoms with van der Waals surface area (Å²) in [5.74, 6) is -1.33. The minimum Gasteiger partial charge on any atom is -0.480 e. The summed E-state index contributed by atoms with van der Waals surface area (Å²) >= 11 is 5.62. The molecular weight excluding hydrogens is 303 g/mol. The maximum absolute atomic E-state index is 11.7. The van der Waals surface area contributed by atoms with Crippen molar-refractivity contribution >= 4 is 40.0 Å². The van der Waals surface area contributed by atoms with Crippen molar-refractivity contribution in [1.82, 2.24) is 4.72 Å². The van der Waals surface area contributed by atoms with E-state index < -0.39 is 22.0 Å². The second-order valence-corrected chi connectivity index (χ2v) is 5.35. The molecule has 0 saturated carbocycles. The van der Waals surface area contributed by atoms with E-state index in [1.165, 1.54) is 24.3 Å². The number of halogens is 2. The summed E-state index contributed by atoms with van der Waals surface area (Å²) in [5.41, 5.74) is 5.15. The van der Waals surface area contributed by atoms with Crippen LogP contribution in [0.25, 0.3) is 0 Å². The van der Waals surface area contributed by atoms with Gasteiger partial charge in [-0.2, -0.15) is 4.72 Å². The lowest BCUT2D eigenvalue weighted by molar-refractivity contribution is -0.138. The average molecular weight is 315 g/mol. The van der Waals surface area contributed by atoms with E-state index in [0.29, 0.717) is 5.02 Å². The molecule has 1 aromatic rings. The van der Waals surface area contributed by atoms with E-state index >= 15 is 0 Å². The fourth-order valence-corrected chi connectivity index (χ4v) is 2.40. The Balaban J connectivity index is 0.00000289. The molecule has 6 nitrogen and oxygen atoms in total. The molecule has 0 fully saturated rings. The number of hydrogen-bond acceptors (Lipinski definition) is 4. The van der Waals surface area contributed by atoms with E-state index in [2.05, 4.69) is 0 Å². The molecule has 0 aliphatic heterocycles. The summed E-state index contributed by atoms with van der Waals surface area (Å²) in [6.07, 6.45) is 0. The monoisotopic (exact) mass is 314 g/mol. The summed E-state index contributed by atoms with van der Waals surface area (Å²) in [6.45, 7) is -0.331. The number of carboxylic acids is 1. The van der Waals surface area contributed by atoms with Crippen molar-refractivity contribution in [2.24, 2.45) is 5.73 Å². The molecule has 102 valence electrons. The number of nitrogens with two attached hydrogens (primary N) is 1. The maximum atomic E-state index is 11.7. The largest absolute Gasteiger partial charge is 0.480 e. The quantitative estimate of drug-likeness (QED) is 0.731. The standard InChI is InChI=1S/C9H11ClN2O4S.ClH/c10-6-1-3-7(4-2-6)17(15,16)12-8(5-11)9(13)14;/h1-4,8,12H,5,11H2,(H,13,14);1H/t8-;/m0./s1. The van der Waals surface area contributed by atoms with Crippen LogP contribution >= 0.6 is 24.0 Å². The van der Waals surface area contributed by atoms with Gasteiger partial charge in [-0.3, -0.25) is 4.79 Å². The Morgan fingerprint density at radius 2 is 1.89 bits per heavy atom. The highest BCUT2D eigenvalue weighted by molar-refractivity contribution is 7.89. The number of nitrogens with one attached hydrogen (secondary N) is 1. The number of benzene rings is 1. The molecule has 0 aliphatic rings. The van der Waals surface area contributed by atoms with Crippen LogP contribution in [0.3, 0.4) is 0 Å². The van der Waals surface area contributed by atoms with Crippen LogP contribution in [0, 0.1) is 0 Å². The summed E-state index contributed by atoms with van der Waals surface area (Å²) in [6, 6.07) is 4.00. The Hall–Kier alpha value is -0.860. The minimum atomic E-state index is -3.90. The third kappa shape index (κ3) is 4.43. The highest BCUT2D eigenvalue weighted by Gasteiger charge is 2.23. The van der Waals surface area contributed by atoms with Crippen molar-refractivity contribution < 1.29 is 18.3 Å². The van der Waals surface area contributed by atoms with Crippen LogP contribution in [-0.2, 0) is 14.8 Å². The molecular formula is C9H12Cl2N2O4S. The topological polar surface area (TPSA) is 109 Å². The van der Waals surface area contributed by atoms with Gasteiger partial charge in [-0.1, -0.05) is 11.6 Å². The number of hydrogen-bond donors (Lipinski definition) is 3. The first-order valence-corrected chi connectivity index (χ1v) is 6.43. The van der Waals surface area contributed by atoms with Crippen LogP contribution in [0.15, 0.2) is 29.2 Å². The zero-order chi connectivity index (χ0) is 13.1. The molecule has 0 heterocycles. The van der Waals surface area contributed by atoms with Crippen LogP contribution in [0.1, 0.15) is 0 Å². The van der Waals surface area contributed by atoms with Gasteiger partial charge < -0.3 is 10.8 Å². The third-order valence-corrected chi connectivity index (χ3v) is 3.69. The van der Waals surface area contributed by atoms with Gasteiger partial charge in [0.25, 0.3) is 0 Å². The number of rotatable bonds is 5. The Morgan fingerprint density at radius 3 is 2.28 bits per heavy atom. The smallest absolute Gasteiger partial charge is 0.323 e.